The minimum absolute atomic E-state index is 0.137. The van der Waals surface area contributed by atoms with Crippen molar-refractivity contribution in [3.8, 4) is 56.4 Å². The van der Waals surface area contributed by atoms with E-state index in [9.17, 15) is 5.48 Å². The first-order valence-corrected chi connectivity index (χ1v) is 15.4. The molecule has 0 aliphatic carbocycles. The Morgan fingerprint density at radius 1 is 0.400 bits per heavy atom. The Kier molecular flexibility index (Phi) is 3.87. The standard InChI is InChI=1S/C45H27N3O2/c1-3-12-28(13-4-1)32-16-7-8-17-33(32)36-19-11-21-39-42(36)37-25-23-31(27-41(37)50-39)45-47-43(29-14-5-2-6-15-29)46-44(48-45)30-22-24-35-34-18-9-10-20-38(34)49-40(35)26-30/h1-27H/i1D,3D,4D,7D,8D,11D,12D,13D,16D,17D,19D,21D,23D,25D,27D. The van der Waals surface area contributed by atoms with Gasteiger partial charge in [-0.1, -0.05) is 127 Å². The lowest BCUT2D eigenvalue weighted by molar-refractivity contribution is 0.668. The predicted molar refractivity (Wildman–Crippen MR) is 202 cm³/mol. The van der Waals surface area contributed by atoms with Gasteiger partial charge < -0.3 is 8.83 Å². The summed E-state index contributed by atoms with van der Waals surface area (Å²) in [6.07, 6.45) is 0. The van der Waals surface area contributed by atoms with Crippen LogP contribution < -0.4 is 0 Å². The molecule has 3 heterocycles. The number of hydrogen-bond acceptors (Lipinski definition) is 5. The van der Waals surface area contributed by atoms with Gasteiger partial charge in [0, 0.05) is 38.2 Å². The van der Waals surface area contributed by atoms with Crippen molar-refractivity contribution in [2.45, 2.75) is 0 Å². The van der Waals surface area contributed by atoms with Gasteiger partial charge in [-0.25, -0.2) is 15.0 Å². The Hall–Kier alpha value is -6.85. The van der Waals surface area contributed by atoms with E-state index in [1.807, 2.05) is 30.3 Å². The van der Waals surface area contributed by atoms with E-state index in [-0.39, 0.29) is 33.8 Å². The molecular formula is C45H27N3O2. The van der Waals surface area contributed by atoms with E-state index in [1.165, 1.54) is 0 Å². The van der Waals surface area contributed by atoms with Crippen LogP contribution in [0.25, 0.3) is 100 Å². The predicted octanol–water partition coefficient (Wildman–Crippen LogP) is 12.0. The zero-order chi connectivity index (χ0) is 46.1. The van der Waals surface area contributed by atoms with Crippen molar-refractivity contribution in [2.75, 3.05) is 0 Å². The first-order valence-electron chi connectivity index (χ1n) is 22.9. The fourth-order valence-electron chi connectivity index (χ4n) is 6.01. The molecule has 50 heavy (non-hydrogen) atoms. The van der Waals surface area contributed by atoms with Gasteiger partial charge in [-0.05, 0) is 58.6 Å². The molecule has 0 unspecified atom stereocenters. The second-order valence-corrected chi connectivity index (χ2v) is 11.2. The molecule has 10 rings (SSSR count). The summed E-state index contributed by atoms with van der Waals surface area (Å²) in [6, 6.07) is 10.5. The van der Waals surface area contributed by atoms with Crippen LogP contribution in [-0.4, -0.2) is 15.0 Å². The van der Waals surface area contributed by atoms with Crippen molar-refractivity contribution in [1.82, 2.24) is 15.0 Å². The van der Waals surface area contributed by atoms with E-state index >= 15 is 0 Å². The largest absolute Gasteiger partial charge is 0.456 e. The third-order valence-electron chi connectivity index (χ3n) is 8.29. The first-order chi connectivity index (χ1) is 31.0. The molecule has 0 aliphatic heterocycles. The maximum absolute atomic E-state index is 9.56. The SMILES string of the molecule is [2H]c1c([2H])c([2H])c(-c2c([2H])c([2H])c([2H])c([2H])c2-c2c([2H])c([2H])c([2H])c3oc4c([2H])c(-c5nc(-c6ccccc6)nc(-c6ccc7c(c6)oc6ccccc67)n5)c([2H])c([2H])c4c23)c([2H])c1[2H]. The Morgan fingerprint density at radius 3 is 1.94 bits per heavy atom. The molecule has 234 valence electrons. The van der Waals surface area contributed by atoms with Gasteiger partial charge in [-0.15, -0.1) is 0 Å². The molecule has 10 aromatic rings. The maximum Gasteiger partial charge on any atom is 0.164 e. The monoisotopic (exact) mass is 656 g/mol. The van der Waals surface area contributed by atoms with Crippen LogP contribution in [0.5, 0.6) is 0 Å². The highest BCUT2D eigenvalue weighted by Crippen LogP contribution is 2.41. The lowest BCUT2D eigenvalue weighted by atomic mass is 9.92. The highest BCUT2D eigenvalue weighted by molar-refractivity contribution is 6.14. The van der Waals surface area contributed by atoms with Crippen molar-refractivity contribution in [3.63, 3.8) is 0 Å². The summed E-state index contributed by atoms with van der Waals surface area (Å²) in [5.41, 5.74) is -1.21. The first kappa shape index (κ1) is 17.0. The van der Waals surface area contributed by atoms with Gasteiger partial charge in [0.15, 0.2) is 17.5 Å². The molecule has 0 amide bonds. The summed E-state index contributed by atoms with van der Waals surface area (Å²) in [6.45, 7) is 0. The van der Waals surface area contributed by atoms with E-state index in [0.717, 1.165) is 10.8 Å². The Balaban J connectivity index is 1.28. The molecule has 0 fully saturated rings. The molecule has 0 bridgehead atoms. The van der Waals surface area contributed by atoms with Crippen molar-refractivity contribution in [3.05, 3.63) is 163 Å². The van der Waals surface area contributed by atoms with Gasteiger partial charge in [0.2, 0.25) is 0 Å². The highest BCUT2D eigenvalue weighted by atomic mass is 16.3. The molecule has 5 nitrogen and oxygen atoms in total. The van der Waals surface area contributed by atoms with E-state index in [2.05, 4.69) is 4.98 Å². The molecule has 0 N–H and O–H groups in total. The van der Waals surface area contributed by atoms with Gasteiger partial charge in [-0.3, -0.25) is 0 Å². The summed E-state index contributed by atoms with van der Waals surface area (Å²) >= 11 is 0. The topological polar surface area (TPSA) is 65.0 Å². The number of nitrogens with zero attached hydrogens (tertiary/aromatic N) is 3. The molecule has 5 heteroatoms. The van der Waals surface area contributed by atoms with E-state index in [4.69, 9.17) is 33.9 Å². The van der Waals surface area contributed by atoms with Gasteiger partial charge >= 0.3 is 0 Å². The zero-order valence-corrected chi connectivity index (χ0v) is 25.6. The summed E-state index contributed by atoms with van der Waals surface area (Å²) in [5, 5.41) is 1.08. The number of aromatic nitrogens is 3. The Labute approximate surface area is 308 Å². The number of hydrogen-bond donors (Lipinski definition) is 0. The summed E-state index contributed by atoms with van der Waals surface area (Å²) in [4.78, 5) is 14.2. The van der Waals surface area contributed by atoms with Gasteiger partial charge in [0.25, 0.3) is 0 Å². The second-order valence-electron chi connectivity index (χ2n) is 11.2. The van der Waals surface area contributed by atoms with Crippen LogP contribution in [-0.2, 0) is 0 Å². The third-order valence-corrected chi connectivity index (χ3v) is 8.29. The molecule has 0 saturated heterocycles. The molecule has 7 aromatic carbocycles. The van der Waals surface area contributed by atoms with Gasteiger partial charge in [0.05, 0.1) is 20.6 Å². The average Bonchev–Trinajstić information content (AvgIpc) is 3.90. The minimum atomic E-state index is -0.837. The number of rotatable bonds is 5. The molecule has 0 spiro atoms. The lowest BCUT2D eigenvalue weighted by Crippen LogP contribution is -2.00. The second kappa shape index (κ2) is 11.4. The minimum Gasteiger partial charge on any atom is -0.456 e. The smallest absolute Gasteiger partial charge is 0.164 e. The molecule has 0 radical (unpaired) electrons. The van der Waals surface area contributed by atoms with Crippen molar-refractivity contribution in [1.29, 1.82) is 0 Å². The van der Waals surface area contributed by atoms with Crippen LogP contribution in [0.1, 0.15) is 20.6 Å². The number of fused-ring (bicyclic) bond motifs is 6. The zero-order valence-electron chi connectivity index (χ0n) is 40.6. The normalized spacial score (nSPS) is 15.8. The average molecular weight is 657 g/mol. The molecule has 0 saturated carbocycles. The quantitative estimate of drug-likeness (QED) is 0.184. The van der Waals surface area contributed by atoms with Gasteiger partial charge in [-0.2, -0.15) is 0 Å². The highest BCUT2D eigenvalue weighted by Gasteiger charge is 2.18. The van der Waals surface area contributed by atoms with Crippen LogP contribution in [0.2, 0.25) is 0 Å². The molecular weight excluding hydrogens is 615 g/mol. The lowest BCUT2D eigenvalue weighted by Gasteiger charge is -2.11. The number of furan rings is 2. The van der Waals surface area contributed by atoms with Crippen LogP contribution in [0.3, 0.4) is 0 Å². The van der Waals surface area contributed by atoms with Crippen LogP contribution in [0.15, 0.2) is 172 Å². The van der Waals surface area contributed by atoms with Crippen molar-refractivity contribution in [2.24, 2.45) is 0 Å². The van der Waals surface area contributed by atoms with Crippen LogP contribution in [0.4, 0.5) is 0 Å². The number of benzene rings is 7. The summed E-state index contributed by atoms with van der Waals surface area (Å²) < 4.78 is 145. The Morgan fingerprint density at radius 2 is 1.08 bits per heavy atom. The number of para-hydroxylation sites is 1. The third kappa shape index (κ3) is 4.67. The van der Waals surface area contributed by atoms with E-state index in [0.29, 0.717) is 22.3 Å². The molecule has 0 atom stereocenters. The summed E-state index contributed by atoms with van der Waals surface area (Å²) in [7, 11) is 0. The van der Waals surface area contributed by atoms with Crippen molar-refractivity contribution < 1.29 is 29.4 Å². The van der Waals surface area contributed by atoms with Crippen molar-refractivity contribution >= 4 is 43.9 Å². The fourth-order valence-corrected chi connectivity index (χ4v) is 6.01. The molecule has 3 aromatic heterocycles. The maximum atomic E-state index is 9.56. The van der Waals surface area contributed by atoms with Crippen LogP contribution in [0, 0.1) is 0 Å². The van der Waals surface area contributed by atoms with E-state index < -0.39 is 124 Å². The fraction of sp³-hybridized carbons (Fsp3) is 0. The van der Waals surface area contributed by atoms with E-state index in [1.54, 1.807) is 42.5 Å². The Bertz CT molecular complexity index is 3710. The van der Waals surface area contributed by atoms with Gasteiger partial charge in [0.1, 0.15) is 22.3 Å². The van der Waals surface area contributed by atoms with Crippen LogP contribution >= 0.6 is 0 Å². The summed E-state index contributed by atoms with van der Waals surface area (Å²) in [5.74, 6) is 0.106. The molecule has 0 aliphatic rings.